The van der Waals surface area contributed by atoms with Crippen molar-refractivity contribution in [3.05, 3.63) is 34.3 Å². The molecule has 3 nitrogen and oxygen atoms in total. The molecule has 0 aliphatic heterocycles. The average molecular weight is 271 g/mol. The van der Waals surface area contributed by atoms with Crippen molar-refractivity contribution >= 4 is 21.8 Å². The van der Waals surface area contributed by atoms with Crippen LogP contribution >= 0.6 is 15.9 Å². The minimum Gasteiger partial charge on any atom is -0.340 e. The molecule has 1 amide bonds. The first-order valence-corrected chi connectivity index (χ1v) is 5.55. The molecular weight excluding hydrogens is 256 g/mol. The van der Waals surface area contributed by atoms with Crippen LogP contribution in [0.1, 0.15) is 12.5 Å². The Balaban J connectivity index is 2.62. The number of nitrogens with zero attached hydrogens (tertiary/aromatic N) is 1. The number of rotatable bonds is 3. The van der Waals surface area contributed by atoms with E-state index < -0.39 is 6.04 Å². The van der Waals surface area contributed by atoms with Crippen LogP contribution in [0.5, 0.6) is 0 Å². The van der Waals surface area contributed by atoms with Crippen molar-refractivity contribution in [2.24, 2.45) is 5.73 Å². The smallest absolute Gasteiger partial charge is 0.239 e. The van der Waals surface area contributed by atoms with Crippen LogP contribution in [0.4, 0.5) is 0 Å². The highest BCUT2D eigenvalue weighted by Gasteiger charge is 2.12. The zero-order valence-electron chi connectivity index (χ0n) is 8.90. The average Bonchev–Trinajstić information content (AvgIpc) is 2.20. The van der Waals surface area contributed by atoms with Crippen molar-refractivity contribution in [3.63, 3.8) is 0 Å². The summed E-state index contributed by atoms with van der Waals surface area (Å²) in [4.78, 5) is 13.1. The number of carbonyl (C=O) groups is 1. The molecule has 2 N–H and O–H groups in total. The molecule has 0 saturated heterocycles. The Labute approximate surface area is 98.4 Å². The van der Waals surface area contributed by atoms with Gasteiger partial charge in [0.2, 0.25) is 5.91 Å². The van der Waals surface area contributed by atoms with Gasteiger partial charge in [0.15, 0.2) is 0 Å². The minimum absolute atomic E-state index is 0.0436. The van der Waals surface area contributed by atoms with Crippen molar-refractivity contribution in [2.75, 3.05) is 7.05 Å². The molecule has 0 saturated carbocycles. The maximum Gasteiger partial charge on any atom is 0.239 e. The van der Waals surface area contributed by atoms with E-state index in [4.69, 9.17) is 5.73 Å². The molecule has 82 valence electrons. The maximum absolute atomic E-state index is 11.5. The highest BCUT2D eigenvalue weighted by atomic mass is 79.9. The number of likely N-dealkylation sites (N-methyl/N-ethyl adjacent to an activating group) is 1. The second-order valence-corrected chi connectivity index (χ2v) is 4.53. The van der Waals surface area contributed by atoms with Crippen molar-refractivity contribution in [1.29, 1.82) is 0 Å². The molecule has 1 aromatic rings. The molecule has 0 radical (unpaired) electrons. The summed E-state index contributed by atoms with van der Waals surface area (Å²) < 4.78 is 1.03. The van der Waals surface area contributed by atoms with Gasteiger partial charge in [-0.15, -0.1) is 0 Å². The highest BCUT2D eigenvalue weighted by Crippen LogP contribution is 2.11. The van der Waals surface area contributed by atoms with E-state index in [0.717, 1.165) is 10.0 Å². The number of benzene rings is 1. The van der Waals surface area contributed by atoms with Gasteiger partial charge >= 0.3 is 0 Å². The normalized spacial score (nSPS) is 12.3. The SMILES string of the molecule is CC(N)C(=O)N(C)Cc1ccc(Br)cc1. The van der Waals surface area contributed by atoms with Crippen LogP contribution in [0.25, 0.3) is 0 Å². The summed E-state index contributed by atoms with van der Waals surface area (Å²) in [5, 5.41) is 0. The van der Waals surface area contributed by atoms with Gasteiger partial charge in [0.05, 0.1) is 6.04 Å². The van der Waals surface area contributed by atoms with Crippen LogP contribution in [0.3, 0.4) is 0 Å². The summed E-state index contributed by atoms with van der Waals surface area (Å²) in [7, 11) is 1.76. The molecule has 0 fully saturated rings. The molecule has 1 unspecified atom stereocenters. The third-order valence-electron chi connectivity index (χ3n) is 2.10. The lowest BCUT2D eigenvalue weighted by Crippen LogP contribution is -2.39. The Kier molecular flexibility index (Phi) is 4.29. The lowest BCUT2D eigenvalue weighted by atomic mass is 10.2. The fourth-order valence-corrected chi connectivity index (χ4v) is 1.55. The van der Waals surface area contributed by atoms with E-state index >= 15 is 0 Å². The quantitative estimate of drug-likeness (QED) is 0.910. The zero-order valence-corrected chi connectivity index (χ0v) is 10.5. The Morgan fingerprint density at radius 1 is 1.47 bits per heavy atom. The Hall–Kier alpha value is -0.870. The lowest BCUT2D eigenvalue weighted by molar-refractivity contribution is -0.131. The number of carbonyl (C=O) groups excluding carboxylic acids is 1. The number of halogens is 1. The Morgan fingerprint density at radius 2 is 2.00 bits per heavy atom. The van der Waals surface area contributed by atoms with Crippen molar-refractivity contribution < 1.29 is 4.79 Å². The predicted octanol–water partition coefficient (Wildman–Crippen LogP) is 1.75. The predicted molar refractivity (Wildman–Crippen MR) is 64.3 cm³/mol. The third-order valence-corrected chi connectivity index (χ3v) is 2.63. The van der Waals surface area contributed by atoms with Crippen molar-refractivity contribution in [3.8, 4) is 0 Å². The van der Waals surface area contributed by atoms with Gasteiger partial charge in [-0.2, -0.15) is 0 Å². The van der Waals surface area contributed by atoms with Crippen LogP contribution in [-0.2, 0) is 11.3 Å². The van der Waals surface area contributed by atoms with Gasteiger partial charge in [-0.05, 0) is 24.6 Å². The van der Waals surface area contributed by atoms with Gasteiger partial charge in [-0.3, -0.25) is 4.79 Å². The van der Waals surface area contributed by atoms with Crippen molar-refractivity contribution in [2.45, 2.75) is 19.5 Å². The van der Waals surface area contributed by atoms with Gasteiger partial charge < -0.3 is 10.6 Å². The Morgan fingerprint density at radius 3 is 2.47 bits per heavy atom. The number of hydrogen-bond donors (Lipinski definition) is 1. The fourth-order valence-electron chi connectivity index (χ4n) is 1.29. The monoisotopic (exact) mass is 270 g/mol. The number of hydrogen-bond acceptors (Lipinski definition) is 2. The first-order valence-electron chi connectivity index (χ1n) is 4.75. The van der Waals surface area contributed by atoms with E-state index in [1.54, 1.807) is 18.9 Å². The van der Waals surface area contributed by atoms with Crippen LogP contribution in [0.2, 0.25) is 0 Å². The molecule has 0 aliphatic carbocycles. The topological polar surface area (TPSA) is 46.3 Å². The Bertz CT molecular complexity index is 335. The molecule has 0 heterocycles. The molecule has 0 aromatic heterocycles. The van der Waals surface area contributed by atoms with E-state index in [1.807, 2.05) is 24.3 Å². The fraction of sp³-hybridized carbons (Fsp3) is 0.364. The van der Waals surface area contributed by atoms with Gasteiger partial charge in [-0.1, -0.05) is 28.1 Å². The summed E-state index contributed by atoms with van der Waals surface area (Å²) in [5.74, 6) is -0.0436. The van der Waals surface area contributed by atoms with Crippen LogP contribution < -0.4 is 5.73 Å². The maximum atomic E-state index is 11.5. The van der Waals surface area contributed by atoms with E-state index in [-0.39, 0.29) is 5.91 Å². The molecular formula is C11H15BrN2O. The minimum atomic E-state index is -0.439. The first kappa shape index (κ1) is 12.2. The van der Waals surface area contributed by atoms with Gasteiger partial charge in [0.25, 0.3) is 0 Å². The number of amides is 1. The van der Waals surface area contributed by atoms with E-state index in [9.17, 15) is 4.79 Å². The molecule has 1 atom stereocenters. The molecule has 0 spiro atoms. The summed E-state index contributed by atoms with van der Waals surface area (Å²) in [5.41, 5.74) is 6.61. The van der Waals surface area contributed by atoms with Gasteiger partial charge in [0, 0.05) is 18.1 Å². The van der Waals surface area contributed by atoms with Gasteiger partial charge in [0.1, 0.15) is 0 Å². The molecule has 1 rings (SSSR count). The molecule has 0 aliphatic rings. The summed E-state index contributed by atoms with van der Waals surface area (Å²) in [6, 6.07) is 7.44. The highest BCUT2D eigenvalue weighted by molar-refractivity contribution is 9.10. The van der Waals surface area contributed by atoms with Crippen LogP contribution in [-0.4, -0.2) is 23.9 Å². The summed E-state index contributed by atoms with van der Waals surface area (Å²) in [6.07, 6.45) is 0. The van der Waals surface area contributed by atoms with Crippen LogP contribution in [0.15, 0.2) is 28.7 Å². The molecule has 4 heteroatoms. The van der Waals surface area contributed by atoms with Crippen LogP contribution in [0, 0.1) is 0 Å². The second kappa shape index (κ2) is 5.28. The largest absolute Gasteiger partial charge is 0.340 e. The van der Waals surface area contributed by atoms with E-state index in [1.165, 1.54) is 0 Å². The lowest BCUT2D eigenvalue weighted by Gasteiger charge is -2.19. The molecule has 15 heavy (non-hydrogen) atoms. The second-order valence-electron chi connectivity index (χ2n) is 3.61. The summed E-state index contributed by atoms with van der Waals surface area (Å²) in [6.45, 7) is 2.29. The third kappa shape index (κ3) is 3.64. The molecule has 1 aromatic carbocycles. The van der Waals surface area contributed by atoms with Gasteiger partial charge in [-0.25, -0.2) is 0 Å². The molecule has 0 bridgehead atoms. The summed E-state index contributed by atoms with van der Waals surface area (Å²) >= 11 is 3.36. The van der Waals surface area contributed by atoms with E-state index in [0.29, 0.717) is 6.54 Å². The zero-order chi connectivity index (χ0) is 11.4. The standard InChI is InChI=1S/C11H15BrN2O/c1-8(13)11(15)14(2)7-9-3-5-10(12)6-4-9/h3-6,8H,7,13H2,1-2H3. The van der Waals surface area contributed by atoms with E-state index in [2.05, 4.69) is 15.9 Å². The first-order chi connectivity index (χ1) is 7.00. The van der Waals surface area contributed by atoms with Crippen molar-refractivity contribution in [1.82, 2.24) is 4.90 Å². The number of nitrogens with two attached hydrogens (primary N) is 1.